The van der Waals surface area contributed by atoms with E-state index in [1.807, 2.05) is 0 Å². The zero-order valence-corrected chi connectivity index (χ0v) is 9.14. The number of benzene rings is 1. The van der Waals surface area contributed by atoms with E-state index in [-0.39, 0.29) is 0 Å². The summed E-state index contributed by atoms with van der Waals surface area (Å²) in [7, 11) is 0. The van der Waals surface area contributed by atoms with Crippen molar-refractivity contribution in [2.24, 2.45) is 5.73 Å². The van der Waals surface area contributed by atoms with Gasteiger partial charge in [-0.2, -0.15) is 0 Å². The Morgan fingerprint density at radius 1 is 1.29 bits per heavy atom. The molecule has 0 bridgehead atoms. The first-order valence-electron chi connectivity index (χ1n) is 5.21. The van der Waals surface area contributed by atoms with Gasteiger partial charge in [-0.25, -0.2) is 0 Å². The van der Waals surface area contributed by atoms with E-state index < -0.39 is 0 Å². The fraction of sp³-hybridized carbons (Fsp3) is 0.500. The van der Waals surface area contributed by atoms with E-state index in [4.69, 9.17) is 5.73 Å². The summed E-state index contributed by atoms with van der Waals surface area (Å²) in [6.45, 7) is 7.00. The molecule has 0 spiro atoms. The Morgan fingerprint density at radius 3 is 2.79 bits per heavy atom. The maximum atomic E-state index is 5.42. The molecule has 0 aliphatic rings. The molecule has 78 valence electrons. The fourth-order valence-electron chi connectivity index (χ4n) is 1.44. The number of aryl methyl sites for hydroxylation is 2. The van der Waals surface area contributed by atoms with Gasteiger partial charge in [0.2, 0.25) is 0 Å². The molecule has 0 atom stereocenters. The van der Waals surface area contributed by atoms with Gasteiger partial charge < -0.3 is 11.1 Å². The Morgan fingerprint density at radius 2 is 2.07 bits per heavy atom. The highest BCUT2D eigenvalue weighted by atomic mass is 14.8. The van der Waals surface area contributed by atoms with Crippen LogP contribution in [0.15, 0.2) is 18.2 Å². The van der Waals surface area contributed by atoms with Gasteiger partial charge in [-0.05, 0) is 44.5 Å². The van der Waals surface area contributed by atoms with Crippen molar-refractivity contribution >= 4 is 0 Å². The standard InChI is InChI=1S/C12H20N2/c1-10-4-5-11(2)12(8-10)9-14-7-3-6-13/h4-5,8,14H,3,6-7,9,13H2,1-2H3. The molecule has 0 aliphatic carbocycles. The van der Waals surface area contributed by atoms with Crippen LogP contribution in [0.5, 0.6) is 0 Å². The van der Waals surface area contributed by atoms with Crippen LogP contribution in [0.1, 0.15) is 23.1 Å². The molecule has 2 heteroatoms. The first kappa shape index (κ1) is 11.2. The lowest BCUT2D eigenvalue weighted by atomic mass is 10.1. The van der Waals surface area contributed by atoms with E-state index in [0.717, 1.165) is 26.1 Å². The van der Waals surface area contributed by atoms with Crippen LogP contribution < -0.4 is 11.1 Å². The highest BCUT2D eigenvalue weighted by Gasteiger charge is 1.97. The lowest BCUT2D eigenvalue weighted by molar-refractivity contribution is 0.653. The number of hydrogen-bond acceptors (Lipinski definition) is 2. The molecule has 0 fully saturated rings. The molecular formula is C12H20N2. The molecule has 0 saturated heterocycles. The molecule has 1 rings (SSSR count). The summed E-state index contributed by atoms with van der Waals surface area (Å²) in [6, 6.07) is 6.57. The lowest BCUT2D eigenvalue weighted by Gasteiger charge is -2.08. The Kier molecular flexibility index (Phi) is 4.63. The van der Waals surface area contributed by atoms with Crippen molar-refractivity contribution in [3.05, 3.63) is 34.9 Å². The minimum Gasteiger partial charge on any atom is -0.330 e. The zero-order valence-electron chi connectivity index (χ0n) is 9.14. The predicted octanol–water partition coefficient (Wildman–Crippen LogP) is 1.74. The van der Waals surface area contributed by atoms with Gasteiger partial charge >= 0.3 is 0 Å². The van der Waals surface area contributed by atoms with Gasteiger partial charge in [0.15, 0.2) is 0 Å². The van der Waals surface area contributed by atoms with Crippen LogP contribution in [0, 0.1) is 13.8 Å². The minimum atomic E-state index is 0.764. The molecule has 0 unspecified atom stereocenters. The topological polar surface area (TPSA) is 38.0 Å². The molecule has 0 aromatic heterocycles. The molecule has 0 saturated carbocycles. The quantitative estimate of drug-likeness (QED) is 0.697. The number of nitrogens with two attached hydrogens (primary N) is 1. The molecule has 1 aromatic rings. The summed E-state index contributed by atoms with van der Waals surface area (Å²) in [5.41, 5.74) is 9.50. The first-order chi connectivity index (χ1) is 6.74. The minimum absolute atomic E-state index is 0.764. The highest BCUT2D eigenvalue weighted by molar-refractivity contribution is 5.30. The molecule has 0 amide bonds. The van der Waals surface area contributed by atoms with E-state index in [1.54, 1.807) is 0 Å². The van der Waals surface area contributed by atoms with E-state index in [1.165, 1.54) is 16.7 Å². The van der Waals surface area contributed by atoms with Crippen molar-refractivity contribution < 1.29 is 0 Å². The summed E-state index contributed by atoms with van der Waals surface area (Å²) in [5.74, 6) is 0. The van der Waals surface area contributed by atoms with Crippen LogP contribution in [-0.4, -0.2) is 13.1 Å². The molecular weight excluding hydrogens is 172 g/mol. The molecule has 0 heterocycles. The van der Waals surface area contributed by atoms with Gasteiger partial charge in [-0.1, -0.05) is 23.8 Å². The molecule has 14 heavy (non-hydrogen) atoms. The lowest BCUT2D eigenvalue weighted by Crippen LogP contribution is -2.18. The molecule has 1 aromatic carbocycles. The van der Waals surface area contributed by atoms with Crippen LogP contribution >= 0.6 is 0 Å². The smallest absolute Gasteiger partial charge is 0.0208 e. The SMILES string of the molecule is Cc1ccc(C)c(CNCCCN)c1. The van der Waals surface area contributed by atoms with Crippen molar-refractivity contribution in [2.75, 3.05) is 13.1 Å². The van der Waals surface area contributed by atoms with Crippen molar-refractivity contribution in [2.45, 2.75) is 26.8 Å². The Hall–Kier alpha value is -0.860. The van der Waals surface area contributed by atoms with E-state index >= 15 is 0 Å². The second kappa shape index (κ2) is 5.78. The monoisotopic (exact) mass is 192 g/mol. The third-order valence-electron chi connectivity index (χ3n) is 2.38. The summed E-state index contributed by atoms with van der Waals surface area (Å²) < 4.78 is 0. The third-order valence-corrected chi connectivity index (χ3v) is 2.38. The summed E-state index contributed by atoms with van der Waals surface area (Å²) in [4.78, 5) is 0. The number of hydrogen-bond donors (Lipinski definition) is 2. The van der Waals surface area contributed by atoms with Crippen LogP contribution in [0.4, 0.5) is 0 Å². The predicted molar refractivity (Wildman–Crippen MR) is 61.3 cm³/mol. The van der Waals surface area contributed by atoms with E-state index in [9.17, 15) is 0 Å². The normalized spacial score (nSPS) is 10.5. The van der Waals surface area contributed by atoms with Crippen LogP contribution in [-0.2, 0) is 6.54 Å². The Bertz CT molecular complexity index is 282. The summed E-state index contributed by atoms with van der Waals surface area (Å²) in [5, 5.41) is 3.39. The fourth-order valence-corrected chi connectivity index (χ4v) is 1.44. The van der Waals surface area contributed by atoms with Gasteiger partial charge in [0.1, 0.15) is 0 Å². The Labute approximate surface area is 86.5 Å². The van der Waals surface area contributed by atoms with E-state index in [2.05, 4.69) is 37.4 Å². The highest BCUT2D eigenvalue weighted by Crippen LogP contribution is 2.09. The number of nitrogens with one attached hydrogen (secondary N) is 1. The van der Waals surface area contributed by atoms with Gasteiger partial charge in [-0.15, -0.1) is 0 Å². The maximum absolute atomic E-state index is 5.42. The maximum Gasteiger partial charge on any atom is 0.0208 e. The van der Waals surface area contributed by atoms with E-state index in [0.29, 0.717) is 0 Å². The van der Waals surface area contributed by atoms with Crippen molar-refractivity contribution in [1.29, 1.82) is 0 Å². The average molecular weight is 192 g/mol. The Balaban J connectivity index is 2.45. The zero-order chi connectivity index (χ0) is 10.4. The largest absolute Gasteiger partial charge is 0.330 e. The van der Waals surface area contributed by atoms with Crippen molar-refractivity contribution in [3.63, 3.8) is 0 Å². The average Bonchev–Trinajstić information content (AvgIpc) is 2.18. The molecule has 0 radical (unpaired) electrons. The van der Waals surface area contributed by atoms with Crippen molar-refractivity contribution in [3.8, 4) is 0 Å². The van der Waals surface area contributed by atoms with Gasteiger partial charge in [0, 0.05) is 6.54 Å². The molecule has 3 N–H and O–H groups in total. The van der Waals surface area contributed by atoms with Crippen LogP contribution in [0.2, 0.25) is 0 Å². The second-order valence-corrected chi connectivity index (χ2v) is 3.75. The first-order valence-corrected chi connectivity index (χ1v) is 5.21. The molecule has 2 nitrogen and oxygen atoms in total. The second-order valence-electron chi connectivity index (χ2n) is 3.75. The van der Waals surface area contributed by atoms with Crippen molar-refractivity contribution in [1.82, 2.24) is 5.32 Å². The van der Waals surface area contributed by atoms with Gasteiger partial charge in [0.25, 0.3) is 0 Å². The summed E-state index contributed by atoms with van der Waals surface area (Å²) in [6.07, 6.45) is 1.05. The molecule has 0 aliphatic heterocycles. The third kappa shape index (κ3) is 3.48. The van der Waals surface area contributed by atoms with Crippen LogP contribution in [0.25, 0.3) is 0 Å². The van der Waals surface area contributed by atoms with Gasteiger partial charge in [-0.3, -0.25) is 0 Å². The van der Waals surface area contributed by atoms with Crippen LogP contribution in [0.3, 0.4) is 0 Å². The summed E-state index contributed by atoms with van der Waals surface area (Å²) >= 11 is 0. The van der Waals surface area contributed by atoms with Gasteiger partial charge in [0.05, 0.1) is 0 Å². The number of rotatable bonds is 5.